The molecule has 6 nitrogen and oxygen atoms in total. The summed E-state index contributed by atoms with van der Waals surface area (Å²) in [4.78, 5) is 2.34. The van der Waals surface area contributed by atoms with Gasteiger partial charge in [0.25, 0.3) is 0 Å². The number of fused-ring (bicyclic) bond motifs is 1. The molecule has 0 atom stereocenters. The fourth-order valence-corrected chi connectivity index (χ4v) is 2.42. The van der Waals surface area contributed by atoms with Crippen LogP contribution in [0.15, 0.2) is 12.1 Å². The van der Waals surface area contributed by atoms with Crippen LogP contribution in [-0.2, 0) is 0 Å². The standard InChI is InChI=1S/C12H17N5O/c1-16-7-5-9(6-8-16)12-14-13-10-3-4-11(18-2)15-17(10)12/h3-4,9H,5-8H2,1-2H3. The number of methoxy groups -OCH3 is 1. The van der Waals surface area contributed by atoms with Crippen LogP contribution in [0.2, 0.25) is 0 Å². The molecule has 1 saturated heterocycles. The van der Waals surface area contributed by atoms with Crippen LogP contribution in [0.5, 0.6) is 5.88 Å². The van der Waals surface area contributed by atoms with Crippen LogP contribution in [-0.4, -0.2) is 52.0 Å². The van der Waals surface area contributed by atoms with Gasteiger partial charge in [0.05, 0.1) is 7.11 Å². The van der Waals surface area contributed by atoms with E-state index >= 15 is 0 Å². The number of likely N-dealkylation sites (tertiary alicyclic amines) is 1. The average molecular weight is 247 g/mol. The number of hydrogen-bond acceptors (Lipinski definition) is 5. The Balaban J connectivity index is 1.96. The quantitative estimate of drug-likeness (QED) is 0.790. The Morgan fingerprint density at radius 1 is 1.22 bits per heavy atom. The van der Waals surface area contributed by atoms with Gasteiger partial charge in [-0.3, -0.25) is 0 Å². The molecule has 2 aromatic rings. The Hall–Kier alpha value is -1.69. The van der Waals surface area contributed by atoms with Crippen molar-refractivity contribution in [3.05, 3.63) is 18.0 Å². The van der Waals surface area contributed by atoms with Crippen LogP contribution < -0.4 is 4.74 Å². The molecule has 1 aliphatic heterocycles. The lowest BCUT2D eigenvalue weighted by Crippen LogP contribution is -2.30. The predicted molar refractivity (Wildman–Crippen MR) is 66.8 cm³/mol. The molecule has 2 aromatic heterocycles. The lowest BCUT2D eigenvalue weighted by Gasteiger charge is -2.27. The fraction of sp³-hybridized carbons (Fsp3) is 0.583. The zero-order valence-corrected chi connectivity index (χ0v) is 10.7. The minimum atomic E-state index is 0.441. The molecule has 3 heterocycles. The van der Waals surface area contributed by atoms with Crippen LogP contribution >= 0.6 is 0 Å². The zero-order chi connectivity index (χ0) is 12.5. The Bertz CT molecular complexity index is 544. The summed E-state index contributed by atoms with van der Waals surface area (Å²) in [5, 5.41) is 12.9. The summed E-state index contributed by atoms with van der Waals surface area (Å²) >= 11 is 0. The first-order chi connectivity index (χ1) is 8.78. The molecule has 0 spiro atoms. The predicted octanol–water partition coefficient (Wildman–Crippen LogP) is 0.942. The lowest BCUT2D eigenvalue weighted by molar-refractivity contribution is 0.249. The third kappa shape index (κ3) is 1.92. The van der Waals surface area contributed by atoms with Crippen molar-refractivity contribution in [1.82, 2.24) is 24.7 Å². The molecule has 0 unspecified atom stereocenters. The van der Waals surface area contributed by atoms with Gasteiger partial charge >= 0.3 is 0 Å². The summed E-state index contributed by atoms with van der Waals surface area (Å²) in [6.45, 7) is 2.20. The minimum absolute atomic E-state index is 0.441. The van der Waals surface area contributed by atoms with Crippen molar-refractivity contribution in [3.63, 3.8) is 0 Å². The highest BCUT2D eigenvalue weighted by molar-refractivity contribution is 5.38. The summed E-state index contributed by atoms with van der Waals surface area (Å²) in [5.41, 5.74) is 0.782. The first-order valence-electron chi connectivity index (χ1n) is 6.23. The van der Waals surface area contributed by atoms with Crippen LogP contribution in [0.3, 0.4) is 0 Å². The topological polar surface area (TPSA) is 55.6 Å². The normalized spacial score (nSPS) is 18.3. The molecule has 0 aliphatic carbocycles. The van der Waals surface area contributed by atoms with Crippen molar-refractivity contribution in [2.24, 2.45) is 0 Å². The Morgan fingerprint density at radius 2 is 2.00 bits per heavy atom. The lowest BCUT2D eigenvalue weighted by atomic mass is 9.96. The van der Waals surface area contributed by atoms with Gasteiger partial charge in [-0.15, -0.1) is 15.3 Å². The number of nitrogens with zero attached hydrogens (tertiary/aromatic N) is 5. The second kappa shape index (κ2) is 4.53. The van der Waals surface area contributed by atoms with E-state index < -0.39 is 0 Å². The first-order valence-corrected chi connectivity index (χ1v) is 6.23. The van der Waals surface area contributed by atoms with Crippen molar-refractivity contribution in [1.29, 1.82) is 0 Å². The van der Waals surface area contributed by atoms with Gasteiger partial charge in [-0.2, -0.15) is 4.52 Å². The van der Waals surface area contributed by atoms with E-state index in [9.17, 15) is 0 Å². The third-order valence-corrected chi connectivity index (χ3v) is 3.56. The van der Waals surface area contributed by atoms with Crippen LogP contribution in [0.25, 0.3) is 5.65 Å². The average Bonchev–Trinajstić information content (AvgIpc) is 2.82. The summed E-state index contributed by atoms with van der Waals surface area (Å²) < 4.78 is 6.97. The van der Waals surface area contributed by atoms with E-state index in [1.165, 1.54) is 0 Å². The zero-order valence-electron chi connectivity index (χ0n) is 10.7. The van der Waals surface area contributed by atoms with Gasteiger partial charge in [0, 0.05) is 12.0 Å². The molecule has 0 saturated carbocycles. The van der Waals surface area contributed by atoms with Crippen LogP contribution in [0.1, 0.15) is 24.6 Å². The number of ether oxygens (including phenoxy) is 1. The Morgan fingerprint density at radius 3 is 2.72 bits per heavy atom. The fourth-order valence-electron chi connectivity index (χ4n) is 2.42. The molecule has 1 fully saturated rings. The van der Waals surface area contributed by atoms with Crippen molar-refractivity contribution in [2.75, 3.05) is 27.2 Å². The SMILES string of the molecule is COc1ccc2nnc(C3CCN(C)CC3)n2n1. The maximum Gasteiger partial charge on any atom is 0.231 e. The maximum absolute atomic E-state index is 5.16. The molecule has 1 aliphatic rings. The van der Waals surface area contributed by atoms with Crippen LogP contribution in [0.4, 0.5) is 0 Å². The van der Waals surface area contributed by atoms with Gasteiger partial charge in [0.15, 0.2) is 11.5 Å². The van der Waals surface area contributed by atoms with Crippen LogP contribution in [0, 0.1) is 0 Å². The van der Waals surface area contributed by atoms with Crippen molar-refractivity contribution < 1.29 is 4.74 Å². The summed E-state index contributed by atoms with van der Waals surface area (Å²) in [6.07, 6.45) is 2.21. The highest BCUT2D eigenvalue weighted by Crippen LogP contribution is 2.26. The van der Waals surface area contributed by atoms with Gasteiger partial charge in [0.2, 0.25) is 5.88 Å². The first kappa shape index (κ1) is 11.4. The van der Waals surface area contributed by atoms with Gasteiger partial charge in [-0.1, -0.05) is 0 Å². The van der Waals surface area contributed by atoms with Crippen molar-refractivity contribution in [3.8, 4) is 5.88 Å². The number of aromatic nitrogens is 4. The molecule has 18 heavy (non-hydrogen) atoms. The molecule has 0 radical (unpaired) electrons. The third-order valence-electron chi connectivity index (χ3n) is 3.56. The monoisotopic (exact) mass is 247 g/mol. The number of rotatable bonds is 2. The summed E-state index contributed by atoms with van der Waals surface area (Å²) in [5.74, 6) is 1.99. The van der Waals surface area contributed by atoms with Crippen molar-refractivity contribution in [2.45, 2.75) is 18.8 Å². The molecular weight excluding hydrogens is 230 g/mol. The molecule has 6 heteroatoms. The van der Waals surface area contributed by atoms with E-state index in [1.54, 1.807) is 7.11 Å². The minimum Gasteiger partial charge on any atom is -0.480 e. The second-order valence-corrected chi connectivity index (χ2v) is 4.78. The Kier molecular flexibility index (Phi) is 2.87. The van der Waals surface area contributed by atoms with E-state index in [4.69, 9.17) is 4.74 Å². The molecule has 0 amide bonds. The van der Waals surface area contributed by atoms with E-state index in [-0.39, 0.29) is 0 Å². The van der Waals surface area contributed by atoms with Gasteiger partial charge < -0.3 is 9.64 Å². The number of piperidine rings is 1. The highest BCUT2D eigenvalue weighted by Gasteiger charge is 2.23. The molecular formula is C12H17N5O. The molecule has 3 rings (SSSR count). The van der Waals surface area contributed by atoms with Gasteiger partial charge in [0.1, 0.15) is 0 Å². The van der Waals surface area contributed by atoms with Gasteiger partial charge in [-0.25, -0.2) is 0 Å². The van der Waals surface area contributed by atoms with E-state index in [2.05, 4.69) is 27.2 Å². The molecule has 0 bridgehead atoms. The van der Waals surface area contributed by atoms with E-state index in [0.29, 0.717) is 11.8 Å². The smallest absolute Gasteiger partial charge is 0.231 e. The molecule has 0 aromatic carbocycles. The van der Waals surface area contributed by atoms with Crippen molar-refractivity contribution >= 4 is 5.65 Å². The molecule has 0 N–H and O–H groups in total. The Labute approximate surface area is 106 Å². The maximum atomic E-state index is 5.16. The van der Waals surface area contributed by atoms with Gasteiger partial charge in [-0.05, 0) is 39.0 Å². The number of hydrogen-bond donors (Lipinski definition) is 0. The summed E-state index contributed by atoms with van der Waals surface area (Å²) in [7, 11) is 3.77. The van der Waals surface area contributed by atoms with E-state index in [0.717, 1.165) is 37.4 Å². The second-order valence-electron chi connectivity index (χ2n) is 4.78. The highest BCUT2D eigenvalue weighted by atomic mass is 16.5. The molecule has 96 valence electrons. The van der Waals surface area contributed by atoms with E-state index in [1.807, 2.05) is 16.6 Å². The largest absolute Gasteiger partial charge is 0.480 e. The summed E-state index contributed by atoms with van der Waals surface area (Å²) in [6, 6.07) is 3.69.